The van der Waals surface area contributed by atoms with Crippen LogP contribution < -0.4 is 5.32 Å². The zero-order valence-corrected chi connectivity index (χ0v) is 11.3. The van der Waals surface area contributed by atoms with Gasteiger partial charge in [-0.05, 0) is 32.6 Å². The number of hydrogen-bond donors (Lipinski definition) is 1. The number of anilines is 1. The second kappa shape index (κ2) is 5.39. The summed E-state index contributed by atoms with van der Waals surface area (Å²) < 4.78 is 0. The molecule has 1 heterocycles. The SMILES string of the molecule is CCNc1nc(-c2ccccc2)nc2c1CCCC2. The van der Waals surface area contributed by atoms with E-state index < -0.39 is 0 Å². The normalized spacial score (nSPS) is 13.9. The lowest BCUT2D eigenvalue weighted by molar-refractivity contribution is 0.665. The summed E-state index contributed by atoms with van der Waals surface area (Å²) in [6.07, 6.45) is 4.67. The Morgan fingerprint density at radius 1 is 1.05 bits per heavy atom. The van der Waals surface area contributed by atoms with Crippen LogP contribution in [0.2, 0.25) is 0 Å². The van der Waals surface area contributed by atoms with Crippen molar-refractivity contribution in [1.82, 2.24) is 9.97 Å². The van der Waals surface area contributed by atoms with Crippen LogP contribution in [0.3, 0.4) is 0 Å². The largest absolute Gasteiger partial charge is 0.370 e. The topological polar surface area (TPSA) is 37.8 Å². The fourth-order valence-electron chi connectivity index (χ4n) is 2.62. The lowest BCUT2D eigenvalue weighted by atomic mass is 9.96. The van der Waals surface area contributed by atoms with Gasteiger partial charge in [0.15, 0.2) is 5.82 Å². The minimum Gasteiger partial charge on any atom is -0.370 e. The van der Waals surface area contributed by atoms with E-state index >= 15 is 0 Å². The van der Waals surface area contributed by atoms with Crippen molar-refractivity contribution in [3.05, 3.63) is 41.6 Å². The minimum absolute atomic E-state index is 0.845. The van der Waals surface area contributed by atoms with Gasteiger partial charge >= 0.3 is 0 Å². The first kappa shape index (κ1) is 12.2. The van der Waals surface area contributed by atoms with Crippen molar-refractivity contribution in [3.63, 3.8) is 0 Å². The fourth-order valence-corrected chi connectivity index (χ4v) is 2.62. The van der Waals surface area contributed by atoms with Crippen molar-refractivity contribution in [2.45, 2.75) is 32.6 Å². The summed E-state index contributed by atoms with van der Waals surface area (Å²) >= 11 is 0. The van der Waals surface area contributed by atoms with Crippen molar-refractivity contribution in [1.29, 1.82) is 0 Å². The number of benzene rings is 1. The third-order valence-electron chi connectivity index (χ3n) is 3.56. The zero-order chi connectivity index (χ0) is 13.1. The van der Waals surface area contributed by atoms with E-state index in [1.165, 1.54) is 24.1 Å². The van der Waals surface area contributed by atoms with Crippen LogP contribution in [0.5, 0.6) is 0 Å². The monoisotopic (exact) mass is 253 g/mol. The quantitative estimate of drug-likeness (QED) is 0.910. The number of rotatable bonds is 3. The van der Waals surface area contributed by atoms with E-state index in [1.807, 2.05) is 18.2 Å². The van der Waals surface area contributed by atoms with E-state index in [2.05, 4.69) is 24.4 Å². The van der Waals surface area contributed by atoms with E-state index in [9.17, 15) is 0 Å². The van der Waals surface area contributed by atoms with E-state index in [0.29, 0.717) is 0 Å². The predicted molar refractivity (Wildman–Crippen MR) is 78.3 cm³/mol. The highest BCUT2D eigenvalue weighted by atomic mass is 15.0. The van der Waals surface area contributed by atoms with Gasteiger partial charge < -0.3 is 5.32 Å². The smallest absolute Gasteiger partial charge is 0.161 e. The molecule has 1 N–H and O–H groups in total. The number of aryl methyl sites for hydroxylation is 1. The molecule has 0 saturated heterocycles. The van der Waals surface area contributed by atoms with Gasteiger partial charge in [0.2, 0.25) is 0 Å². The molecule has 98 valence electrons. The molecular formula is C16H19N3. The summed E-state index contributed by atoms with van der Waals surface area (Å²) in [7, 11) is 0. The fraction of sp³-hybridized carbons (Fsp3) is 0.375. The summed E-state index contributed by atoms with van der Waals surface area (Å²) in [5.41, 5.74) is 3.65. The predicted octanol–water partition coefficient (Wildman–Crippen LogP) is 3.45. The van der Waals surface area contributed by atoms with E-state index in [1.54, 1.807) is 0 Å². The van der Waals surface area contributed by atoms with Crippen LogP contribution in [0.25, 0.3) is 11.4 Å². The Balaban J connectivity index is 2.09. The standard InChI is InChI=1S/C16H19N3/c1-2-17-16-13-10-6-7-11-14(13)18-15(19-16)12-8-4-3-5-9-12/h3-5,8-9H,2,6-7,10-11H2,1H3,(H,17,18,19). The first-order chi connectivity index (χ1) is 9.38. The van der Waals surface area contributed by atoms with Crippen molar-refractivity contribution in [3.8, 4) is 11.4 Å². The second-order valence-electron chi connectivity index (χ2n) is 4.92. The highest BCUT2D eigenvalue weighted by molar-refractivity contribution is 5.60. The molecule has 3 rings (SSSR count). The van der Waals surface area contributed by atoms with E-state index in [4.69, 9.17) is 9.97 Å². The molecule has 0 atom stereocenters. The third kappa shape index (κ3) is 2.46. The highest BCUT2D eigenvalue weighted by Gasteiger charge is 2.17. The molecule has 2 aromatic rings. The molecule has 0 radical (unpaired) electrons. The average Bonchev–Trinajstić information content (AvgIpc) is 2.48. The maximum atomic E-state index is 4.78. The van der Waals surface area contributed by atoms with Gasteiger partial charge in [0.05, 0.1) is 0 Å². The molecule has 1 aliphatic carbocycles. The van der Waals surface area contributed by atoms with Crippen molar-refractivity contribution in [2.24, 2.45) is 0 Å². The number of nitrogens with one attached hydrogen (secondary N) is 1. The summed E-state index contributed by atoms with van der Waals surface area (Å²) in [6.45, 7) is 3.01. The zero-order valence-electron chi connectivity index (χ0n) is 11.3. The highest BCUT2D eigenvalue weighted by Crippen LogP contribution is 2.28. The van der Waals surface area contributed by atoms with E-state index in [0.717, 1.165) is 36.6 Å². The van der Waals surface area contributed by atoms with Gasteiger partial charge in [-0.3, -0.25) is 0 Å². The minimum atomic E-state index is 0.845. The molecule has 0 saturated carbocycles. The van der Waals surface area contributed by atoms with Crippen LogP contribution in [0, 0.1) is 0 Å². The number of aromatic nitrogens is 2. The molecule has 3 nitrogen and oxygen atoms in total. The maximum absolute atomic E-state index is 4.78. The van der Waals surface area contributed by atoms with Crippen LogP contribution >= 0.6 is 0 Å². The van der Waals surface area contributed by atoms with Crippen LogP contribution in [0.1, 0.15) is 31.0 Å². The summed E-state index contributed by atoms with van der Waals surface area (Å²) in [5, 5.41) is 3.39. The van der Waals surface area contributed by atoms with Crippen LogP contribution in [0.15, 0.2) is 30.3 Å². The van der Waals surface area contributed by atoms with Crippen LogP contribution in [-0.2, 0) is 12.8 Å². The van der Waals surface area contributed by atoms with Crippen LogP contribution in [-0.4, -0.2) is 16.5 Å². The molecule has 0 amide bonds. The number of fused-ring (bicyclic) bond motifs is 1. The molecule has 3 heteroatoms. The maximum Gasteiger partial charge on any atom is 0.161 e. The van der Waals surface area contributed by atoms with Gasteiger partial charge in [0.1, 0.15) is 5.82 Å². The lowest BCUT2D eigenvalue weighted by Gasteiger charge is -2.19. The first-order valence-electron chi connectivity index (χ1n) is 7.07. The molecule has 1 aliphatic rings. The van der Waals surface area contributed by atoms with Gasteiger partial charge in [-0.15, -0.1) is 0 Å². The van der Waals surface area contributed by atoms with Gasteiger partial charge in [-0.1, -0.05) is 30.3 Å². The van der Waals surface area contributed by atoms with Gasteiger partial charge in [0.25, 0.3) is 0 Å². The molecule has 0 fully saturated rings. The summed E-state index contributed by atoms with van der Waals surface area (Å²) in [4.78, 5) is 9.50. The number of nitrogens with zero attached hydrogens (tertiary/aromatic N) is 2. The van der Waals surface area contributed by atoms with Gasteiger partial charge in [0, 0.05) is 23.4 Å². The molecule has 1 aromatic carbocycles. The van der Waals surface area contributed by atoms with Crippen molar-refractivity contribution in [2.75, 3.05) is 11.9 Å². The molecule has 0 aliphatic heterocycles. The Bertz CT molecular complexity index is 564. The Kier molecular flexibility index (Phi) is 3.45. The second-order valence-corrected chi connectivity index (χ2v) is 4.92. The molecule has 1 aromatic heterocycles. The molecule has 0 spiro atoms. The first-order valence-corrected chi connectivity index (χ1v) is 7.07. The Morgan fingerprint density at radius 2 is 1.84 bits per heavy atom. The summed E-state index contributed by atoms with van der Waals surface area (Å²) in [5.74, 6) is 1.88. The lowest BCUT2D eigenvalue weighted by Crippen LogP contribution is -2.13. The Labute approximate surface area is 114 Å². The molecule has 19 heavy (non-hydrogen) atoms. The summed E-state index contributed by atoms with van der Waals surface area (Å²) in [6, 6.07) is 10.2. The Morgan fingerprint density at radius 3 is 2.63 bits per heavy atom. The van der Waals surface area contributed by atoms with E-state index in [-0.39, 0.29) is 0 Å². The molecular weight excluding hydrogens is 234 g/mol. The van der Waals surface area contributed by atoms with Crippen LogP contribution in [0.4, 0.5) is 5.82 Å². The molecule has 0 bridgehead atoms. The van der Waals surface area contributed by atoms with Gasteiger partial charge in [-0.25, -0.2) is 9.97 Å². The molecule has 0 unspecified atom stereocenters. The average molecular weight is 253 g/mol. The third-order valence-corrected chi connectivity index (χ3v) is 3.56. The van der Waals surface area contributed by atoms with Crippen molar-refractivity contribution < 1.29 is 0 Å². The van der Waals surface area contributed by atoms with Crippen molar-refractivity contribution >= 4 is 5.82 Å². The van der Waals surface area contributed by atoms with Gasteiger partial charge in [-0.2, -0.15) is 0 Å². The number of hydrogen-bond acceptors (Lipinski definition) is 3. The Hall–Kier alpha value is -1.90.